The van der Waals surface area contributed by atoms with Gasteiger partial charge in [0.05, 0.1) is 5.69 Å². The van der Waals surface area contributed by atoms with Crippen molar-refractivity contribution >= 4 is 19.2 Å². The summed E-state index contributed by atoms with van der Waals surface area (Å²) in [6.45, 7) is 4.50. The summed E-state index contributed by atoms with van der Waals surface area (Å²) in [4.78, 5) is 12.0. The first-order valence-electron chi connectivity index (χ1n) is 7.19. The van der Waals surface area contributed by atoms with Crippen LogP contribution in [0.1, 0.15) is 36.3 Å². The van der Waals surface area contributed by atoms with Crippen molar-refractivity contribution in [3.63, 3.8) is 0 Å². The second kappa shape index (κ2) is 5.13. The number of fused-ring (bicyclic) bond motifs is 1. The van der Waals surface area contributed by atoms with Crippen molar-refractivity contribution in [1.29, 1.82) is 0 Å². The van der Waals surface area contributed by atoms with Crippen LogP contribution >= 0.6 is 0 Å². The topological polar surface area (TPSA) is 29.0 Å². The first-order valence-corrected chi connectivity index (χ1v) is 7.19. The Morgan fingerprint density at radius 2 is 2.06 bits per heavy atom. The zero-order chi connectivity index (χ0) is 12.4. The molecule has 4 heteroatoms. The van der Waals surface area contributed by atoms with E-state index in [1.807, 2.05) is 0 Å². The molecule has 1 aliphatic carbocycles. The molecule has 1 aromatic heterocycles. The summed E-state index contributed by atoms with van der Waals surface area (Å²) in [5.74, 6) is 2.22. The Bertz CT molecular complexity index is 464. The van der Waals surface area contributed by atoms with Gasteiger partial charge in [0, 0.05) is 25.1 Å². The fourth-order valence-corrected chi connectivity index (χ4v) is 2.85. The molecular formula is C14H20BN3. The van der Waals surface area contributed by atoms with Gasteiger partial charge in [0.1, 0.15) is 18.9 Å². The van der Waals surface area contributed by atoms with Crippen molar-refractivity contribution < 1.29 is 0 Å². The molecule has 1 fully saturated rings. The molecule has 0 amide bonds. The van der Waals surface area contributed by atoms with Gasteiger partial charge in [0.2, 0.25) is 0 Å². The molecule has 0 aromatic carbocycles. The van der Waals surface area contributed by atoms with E-state index in [-0.39, 0.29) is 0 Å². The number of hydrogen-bond donors (Lipinski definition) is 0. The second-order valence-electron chi connectivity index (χ2n) is 5.23. The fraction of sp³-hybridized carbons (Fsp3) is 0.571. The Balaban J connectivity index is 1.97. The van der Waals surface area contributed by atoms with Crippen molar-refractivity contribution in [3.05, 3.63) is 23.2 Å². The number of nitrogens with zero attached hydrogens (tertiary/aromatic N) is 3. The lowest BCUT2D eigenvalue weighted by Crippen LogP contribution is -2.31. The minimum absolute atomic E-state index is 0.982. The van der Waals surface area contributed by atoms with Crippen molar-refractivity contribution in [3.8, 4) is 0 Å². The molecule has 0 unspecified atom stereocenters. The summed E-state index contributed by atoms with van der Waals surface area (Å²) in [5.41, 5.74) is 2.51. The molecule has 0 saturated carbocycles. The summed E-state index contributed by atoms with van der Waals surface area (Å²) in [7, 11) is 1.12. The van der Waals surface area contributed by atoms with E-state index in [9.17, 15) is 0 Å². The van der Waals surface area contributed by atoms with E-state index in [4.69, 9.17) is 9.97 Å². The van der Waals surface area contributed by atoms with Crippen molar-refractivity contribution in [2.75, 3.05) is 18.0 Å². The maximum Gasteiger partial charge on any atom is 0.139 e. The van der Waals surface area contributed by atoms with Crippen LogP contribution in [0.2, 0.25) is 6.82 Å². The Labute approximate surface area is 110 Å². The molecule has 0 N–H and O–H groups in total. The smallest absolute Gasteiger partial charge is 0.139 e. The standard InChI is InChI=1S/C14H20BN3/c1-15-10-13-16-12-7-5-6-11(12)14(17-13)18-8-3-2-4-9-18/h5-6,15H,2-4,7-10H2,1H3. The number of allylic oxidation sites excluding steroid dienone is 1. The summed E-state index contributed by atoms with van der Waals surface area (Å²) in [6, 6.07) is 0. The van der Waals surface area contributed by atoms with Gasteiger partial charge in [-0.15, -0.1) is 0 Å². The third-order valence-corrected chi connectivity index (χ3v) is 3.78. The highest BCUT2D eigenvalue weighted by molar-refractivity contribution is 6.32. The Hall–Kier alpha value is -1.32. The molecule has 1 aromatic rings. The first kappa shape index (κ1) is 11.8. The summed E-state index contributed by atoms with van der Waals surface area (Å²) in [5, 5.41) is 0. The molecule has 0 atom stereocenters. The average molecular weight is 241 g/mol. The molecule has 1 aliphatic heterocycles. The molecule has 1 saturated heterocycles. The number of hydrogen-bond acceptors (Lipinski definition) is 3. The normalized spacial score (nSPS) is 17.9. The van der Waals surface area contributed by atoms with Gasteiger partial charge in [-0.25, -0.2) is 9.97 Å². The molecule has 94 valence electrons. The van der Waals surface area contributed by atoms with Crippen LogP contribution in [0, 0.1) is 0 Å². The van der Waals surface area contributed by atoms with E-state index in [1.54, 1.807) is 0 Å². The van der Waals surface area contributed by atoms with Crippen molar-refractivity contribution in [2.45, 2.75) is 38.8 Å². The molecule has 3 rings (SSSR count). The molecule has 0 spiro atoms. The van der Waals surface area contributed by atoms with E-state index in [1.165, 1.54) is 36.3 Å². The van der Waals surface area contributed by atoms with Gasteiger partial charge in [0.15, 0.2) is 0 Å². The molecule has 0 bridgehead atoms. The lowest BCUT2D eigenvalue weighted by atomic mass is 9.78. The van der Waals surface area contributed by atoms with Crippen LogP contribution in [0.4, 0.5) is 5.82 Å². The lowest BCUT2D eigenvalue weighted by molar-refractivity contribution is 0.571. The minimum Gasteiger partial charge on any atom is -0.356 e. The summed E-state index contributed by atoms with van der Waals surface area (Å²) >= 11 is 0. The summed E-state index contributed by atoms with van der Waals surface area (Å²) < 4.78 is 0. The maximum absolute atomic E-state index is 4.82. The number of piperidine rings is 1. The van der Waals surface area contributed by atoms with Crippen LogP contribution in [-0.2, 0) is 12.7 Å². The number of aromatic nitrogens is 2. The SMILES string of the molecule is CBCc1nc2c(c(N3CCCCC3)n1)C=CC2. The van der Waals surface area contributed by atoms with Gasteiger partial charge in [-0.05, 0) is 25.6 Å². The van der Waals surface area contributed by atoms with E-state index in [0.717, 1.165) is 38.9 Å². The average Bonchev–Trinajstić information content (AvgIpc) is 2.87. The van der Waals surface area contributed by atoms with E-state index in [0.29, 0.717) is 0 Å². The zero-order valence-corrected chi connectivity index (χ0v) is 11.2. The van der Waals surface area contributed by atoms with Crippen LogP contribution in [0.25, 0.3) is 6.08 Å². The lowest BCUT2D eigenvalue weighted by Gasteiger charge is -2.29. The second-order valence-corrected chi connectivity index (χ2v) is 5.23. The Morgan fingerprint density at radius 1 is 1.22 bits per heavy atom. The predicted octanol–water partition coefficient (Wildman–Crippen LogP) is 2.02. The zero-order valence-electron chi connectivity index (χ0n) is 11.2. The highest BCUT2D eigenvalue weighted by Crippen LogP contribution is 2.29. The maximum atomic E-state index is 4.82. The quantitative estimate of drug-likeness (QED) is 0.758. The highest BCUT2D eigenvalue weighted by Gasteiger charge is 2.21. The number of rotatable bonds is 3. The molecule has 2 heterocycles. The fourth-order valence-electron chi connectivity index (χ4n) is 2.85. The van der Waals surface area contributed by atoms with Crippen molar-refractivity contribution in [1.82, 2.24) is 9.97 Å². The van der Waals surface area contributed by atoms with Gasteiger partial charge in [0.25, 0.3) is 0 Å². The van der Waals surface area contributed by atoms with Crippen LogP contribution in [0.15, 0.2) is 6.08 Å². The molecule has 3 nitrogen and oxygen atoms in total. The van der Waals surface area contributed by atoms with Gasteiger partial charge >= 0.3 is 0 Å². The van der Waals surface area contributed by atoms with Gasteiger partial charge in [-0.2, -0.15) is 0 Å². The molecule has 18 heavy (non-hydrogen) atoms. The highest BCUT2D eigenvalue weighted by atomic mass is 15.2. The van der Waals surface area contributed by atoms with Crippen LogP contribution in [-0.4, -0.2) is 30.3 Å². The van der Waals surface area contributed by atoms with Crippen molar-refractivity contribution in [2.24, 2.45) is 0 Å². The van der Waals surface area contributed by atoms with Gasteiger partial charge in [-0.3, -0.25) is 0 Å². The monoisotopic (exact) mass is 241 g/mol. The third kappa shape index (κ3) is 2.16. The predicted molar refractivity (Wildman–Crippen MR) is 77.6 cm³/mol. The number of anilines is 1. The Morgan fingerprint density at radius 3 is 2.83 bits per heavy atom. The summed E-state index contributed by atoms with van der Waals surface area (Å²) in [6.07, 6.45) is 10.3. The molecule has 2 aliphatic rings. The Kier molecular flexibility index (Phi) is 3.35. The van der Waals surface area contributed by atoms with Crippen LogP contribution in [0.5, 0.6) is 0 Å². The van der Waals surface area contributed by atoms with Crippen LogP contribution in [0.3, 0.4) is 0 Å². The van der Waals surface area contributed by atoms with E-state index < -0.39 is 0 Å². The minimum atomic E-state index is 0.982. The van der Waals surface area contributed by atoms with Gasteiger partial charge < -0.3 is 4.90 Å². The first-order chi connectivity index (χ1) is 8.88. The molecular weight excluding hydrogens is 221 g/mol. The van der Waals surface area contributed by atoms with E-state index >= 15 is 0 Å². The third-order valence-electron chi connectivity index (χ3n) is 3.78. The van der Waals surface area contributed by atoms with E-state index in [2.05, 4.69) is 23.9 Å². The largest absolute Gasteiger partial charge is 0.356 e. The molecule has 0 radical (unpaired) electrons. The van der Waals surface area contributed by atoms with Crippen LogP contribution < -0.4 is 4.90 Å². The van der Waals surface area contributed by atoms with Gasteiger partial charge in [-0.1, -0.05) is 19.0 Å².